The van der Waals surface area contributed by atoms with Crippen LogP contribution < -0.4 is 10.2 Å². The van der Waals surface area contributed by atoms with Crippen LogP contribution in [0.25, 0.3) is 0 Å². The highest BCUT2D eigenvalue weighted by molar-refractivity contribution is 5.92. The van der Waals surface area contributed by atoms with Gasteiger partial charge in [0.25, 0.3) is 5.91 Å². The molecule has 0 radical (unpaired) electrons. The Morgan fingerprint density at radius 2 is 1.97 bits per heavy atom. The van der Waals surface area contributed by atoms with Crippen LogP contribution >= 0.6 is 0 Å². The number of rotatable bonds is 4. The standard InChI is InChI=1S/C23H31N5O3/c1-13-11-28(12-14(2)30-13)22-24-10-16-18(8-23(3,4)9-19(16)26-22)25-21(29)17-7-20(31-27-17)15-5-6-15/h7,10,13-15,18H,5-6,8-9,11-12H2,1-4H3,(H,25,29)/t13-,14-,18-/m1/s1. The molecule has 8 nitrogen and oxygen atoms in total. The van der Waals surface area contributed by atoms with E-state index in [0.717, 1.165) is 61.7 Å². The maximum atomic E-state index is 12.9. The third kappa shape index (κ3) is 4.31. The van der Waals surface area contributed by atoms with Crippen LogP contribution in [-0.4, -0.2) is 46.3 Å². The molecule has 31 heavy (non-hydrogen) atoms. The number of carbonyl (C=O) groups is 1. The molecule has 1 N–H and O–H groups in total. The molecule has 3 aliphatic rings. The van der Waals surface area contributed by atoms with Crippen molar-refractivity contribution in [2.24, 2.45) is 5.41 Å². The smallest absolute Gasteiger partial charge is 0.273 e. The van der Waals surface area contributed by atoms with E-state index < -0.39 is 0 Å². The summed E-state index contributed by atoms with van der Waals surface area (Å²) in [4.78, 5) is 24.7. The van der Waals surface area contributed by atoms with Gasteiger partial charge in [0.05, 0.1) is 23.9 Å². The van der Waals surface area contributed by atoms with Crippen LogP contribution in [0.1, 0.15) is 86.4 Å². The minimum Gasteiger partial charge on any atom is -0.372 e. The lowest BCUT2D eigenvalue weighted by Crippen LogP contribution is -2.46. The van der Waals surface area contributed by atoms with E-state index in [9.17, 15) is 4.79 Å². The summed E-state index contributed by atoms with van der Waals surface area (Å²) in [5.41, 5.74) is 2.38. The lowest BCUT2D eigenvalue weighted by Gasteiger charge is -2.38. The number of anilines is 1. The van der Waals surface area contributed by atoms with Gasteiger partial charge in [-0.25, -0.2) is 9.97 Å². The topological polar surface area (TPSA) is 93.4 Å². The van der Waals surface area contributed by atoms with E-state index in [2.05, 4.69) is 48.1 Å². The van der Waals surface area contributed by atoms with Crippen molar-refractivity contribution in [3.63, 3.8) is 0 Å². The van der Waals surface area contributed by atoms with Crippen molar-refractivity contribution in [2.45, 2.75) is 77.5 Å². The summed E-state index contributed by atoms with van der Waals surface area (Å²) in [6.45, 7) is 10.2. The number of nitrogens with one attached hydrogen (secondary N) is 1. The van der Waals surface area contributed by atoms with Gasteiger partial charge in [-0.15, -0.1) is 0 Å². The molecule has 2 fully saturated rings. The Kier molecular flexibility index (Phi) is 5.00. The molecule has 1 aliphatic heterocycles. The third-order valence-electron chi connectivity index (χ3n) is 6.41. The third-order valence-corrected chi connectivity index (χ3v) is 6.41. The summed E-state index contributed by atoms with van der Waals surface area (Å²) in [6, 6.07) is 1.63. The molecule has 3 heterocycles. The van der Waals surface area contributed by atoms with Crippen molar-refractivity contribution >= 4 is 11.9 Å². The molecule has 0 unspecified atom stereocenters. The molecule has 8 heteroatoms. The van der Waals surface area contributed by atoms with Crippen molar-refractivity contribution in [1.29, 1.82) is 0 Å². The molecule has 2 aromatic rings. The van der Waals surface area contributed by atoms with Crippen molar-refractivity contribution in [3.05, 3.63) is 35.0 Å². The molecule has 1 amide bonds. The van der Waals surface area contributed by atoms with Gasteiger partial charge in [0, 0.05) is 36.8 Å². The number of ether oxygens (including phenoxy) is 1. The van der Waals surface area contributed by atoms with Crippen molar-refractivity contribution in [2.75, 3.05) is 18.0 Å². The second-order valence-corrected chi connectivity index (χ2v) is 10.2. The van der Waals surface area contributed by atoms with Crippen LogP contribution in [0.5, 0.6) is 0 Å². The fraction of sp³-hybridized carbons (Fsp3) is 0.652. The quantitative estimate of drug-likeness (QED) is 0.802. The van der Waals surface area contributed by atoms with Crippen molar-refractivity contribution < 1.29 is 14.1 Å². The number of hydrogen-bond acceptors (Lipinski definition) is 7. The molecule has 1 saturated heterocycles. The monoisotopic (exact) mass is 425 g/mol. The molecule has 166 valence electrons. The van der Waals surface area contributed by atoms with E-state index in [1.165, 1.54) is 0 Å². The highest BCUT2D eigenvalue weighted by Crippen LogP contribution is 2.41. The maximum absolute atomic E-state index is 12.9. The first kappa shape index (κ1) is 20.4. The Morgan fingerprint density at radius 1 is 1.23 bits per heavy atom. The van der Waals surface area contributed by atoms with Crippen molar-refractivity contribution in [1.82, 2.24) is 20.4 Å². The zero-order valence-corrected chi connectivity index (χ0v) is 18.7. The Hall–Kier alpha value is -2.48. The maximum Gasteiger partial charge on any atom is 0.273 e. The van der Waals surface area contributed by atoms with Gasteiger partial charge in [-0.3, -0.25) is 4.79 Å². The van der Waals surface area contributed by atoms with E-state index in [1.54, 1.807) is 6.07 Å². The van der Waals surface area contributed by atoms with E-state index in [1.807, 2.05) is 6.20 Å². The summed E-state index contributed by atoms with van der Waals surface area (Å²) in [6.07, 6.45) is 6.09. The number of hydrogen-bond donors (Lipinski definition) is 1. The Labute approximate surface area is 182 Å². The zero-order valence-electron chi connectivity index (χ0n) is 18.7. The lowest BCUT2D eigenvalue weighted by molar-refractivity contribution is -0.00575. The summed E-state index contributed by atoms with van der Waals surface area (Å²) in [5, 5.41) is 7.15. The van der Waals surface area contributed by atoms with E-state index in [0.29, 0.717) is 11.6 Å². The van der Waals surface area contributed by atoms with Crippen LogP contribution in [-0.2, 0) is 11.2 Å². The average Bonchev–Trinajstić information content (AvgIpc) is 3.42. The van der Waals surface area contributed by atoms with Gasteiger partial charge in [0.2, 0.25) is 5.95 Å². The number of carbonyl (C=O) groups excluding carboxylic acids is 1. The molecular formula is C23H31N5O3. The first-order valence-electron chi connectivity index (χ1n) is 11.3. The SMILES string of the molecule is C[C@@H]1CN(c2ncc3c(n2)CC(C)(C)C[C@H]3NC(=O)c2cc(C3CC3)on2)C[C@@H](C)O1. The minimum absolute atomic E-state index is 0.0190. The lowest BCUT2D eigenvalue weighted by atomic mass is 9.74. The van der Waals surface area contributed by atoms with Crippen molar-refractivity contribution in [3.8, 4) is 0 Å². The van der Waals surface area contributed by atoms with E-state index in [4.69, 9.17) is 14.2 Å². The van der Waals surface area contributed by atoms with E-state index in [-0.39, 0.29) is 29.6 Å². The predicted molar refractivity (Wildman–Crippen MR) is 115 cm³/mol. The molecule has 3 atom stereocenters. The minimum atomic E-state index is -0.204. The van der Waals surface area contributed by atoms with Gasteiger partial charge in [-0.05, 0) is 44.9 Å². The molecule has 0 spiro atoms. The number of nitrogens with zero attached hydrogens (tertiary/aromatic N) is 4. The largest absolute Gasteiger partial charge is 0.372 e. The van der Waals surface area contributed by atoms with Gasteiger partial charge >= 0.3 is 0 Å². The molecule has 0 aromatic carbocycles. The second-order valence-electron chi connectivity index (χ2n) is 10.2. The summed E-state index contributed by atoms with van der Waals surface area (Å²) in [7, 11) is 0. The molecule has 0 bridgehead atoms. The number of amides is 1. The van der Waals surface area contributed by atoms with Crippen LogP contribution in [0.2, 0.25) is 0 Å². The summed E-state index contributed by atoms with van der Waals surface area (Å²) in [5.74, 6) is 1.79. The normalized spacial score (nSPS) is 27.6. The highest BCUT2D eigenvalue weighted by Gasteiger charge is 2.36. The molecule has 2 aliphatic carbocycles. The van der Waals surface area contributed by atoms with Crippen LogP contribution in [0.4, 0.5) is 5.95 Å². The Morgan fingerprint density at radius 3 is 2.68 bits per heavy atom. The van der Waals surface area contributed by atoms with Crippen LogP contribution in [0.3, 0.4) is 0 Å². The fourth-order valence-electron chi connectivity index (χ4n) is 4.85. The molecular weight excluding hydrogens is 394 g/mol. The van der Waals surface area contributed by atoms with Gasteiger partial charge in [0.15, 0.2) is 5.69 Å². The van der Waals surface area contributed by atoms with E-state index >= 15 is 0 Å². The molecule has 5 rings (SSSR count). The van der Waals surface area contributed by atoms with Gasteiger partial charge in [-0.2, -0.15) is 0 Å². The highest BCUT2D eigenvalue weighted by atomic mass is 16.5. The zero-order chi connectivity index (χ0) is 21.8. The van der Waals surface area contributed by atoms with Gasteiger partial charge in [0.1, 0.15) is 5.76 Å². The first-order chi connectivity index (χ1) is 14.8. The van der Waals surface area contributed by atoms with Crippen LogP contribution in [0, 0.1) is 5.41 Å². The summed E-state index contributed by atoms with van der Waals surface area (Å²) >= 11 is 0. The molecule has 2 aromatic heterocycles. The number of morpholine rings is 1. The Bertz CT molecular complexity index is 973. The predicted octanol–water partition coefficient (Wildman–Crippen LogP) is 3.40. The average molecular weight is 426 g/mol. The Balaban J connectivity index is 1.37. The van der Waals surface area contributed by atoms with Gasteiger partial charge in [-0.1, -0.05) is 19.0 Å². The summed E-state index contributed by atoms with van der Waals surface area (Å²) < 4.78 is 11.2. The van der Waals surface area contributed by atoms with Crippen LogP contribution in [0.15, 0.2) is 16.8 Å². The number of fused-ring (bicyclic) bond motifs is 1. The molecule has 1 saturated carbocycles. The first-order valence-corrected chi connectivity index (χ1v) is 11.3. The number of aromatic nitrogens is 3. The fourth-order valence-corrected chi connectivity index (χ4v) is 4.85. The second kappa shape index (κ2) is 7.58. The van der Waals surface area contributed by atoms with Gasteiger partial charge < -0.3 is 19.5 Å².